The average Bonchev–Trinajstić information content (AvgIpc) is 2.95. The van der Waals surface area contributed by atoms with Crippen molar-refractivity contribution < 1.29 is 0 Å². The minimum atomic E-state index is 0.122. The quantitative estimate of drug-likeness (QED) is 0.946. The largest absolute Gasteiger partial charge is 0.344 e. The van der Waals surface area contributed by atoms with Gasteiger partial charge in [-0.05, 0) is 18.3 Å². The zero-order valence-electron chi connectivity index (χ0n) is 13.1. The Hall–Kier alpha value is -1.40. The molecule has 0 saturated heterocycles. The predicted molar refractivity (Wildman–Crippen MR) is 86.5 cm³/mol. The molecule has 0 fully saturated rings. The topological polar surface area (TPSA) is 60.0 Å². The van der Waals surface area contributed by atoms with Gasteiger partial charge in [-0.25, -0.2) is 9.97 Å². The Kier molecular flexibility index (Phi) is 3.53. The highest BCUT2D eigenvalue weighted by molar-refractivity contribution is 7.15. The maximum Gasteiger partial charge on any atom is 0.185 e. The summed E-state index contributed by atoms with van der Waals surface area (Å²) in [4.78, 5) is 12.6. The lowest BCUT2D eigenvalue weighted by atomic mass is 9.77. The minimum absolute atomic E-state index is 0.122. The van der Waals surface area contributed by atoms with Crippen molar-refractivity contribution in [3.8, 4) is 0 Å². The summed E-state index contributed by atoms with van der Waals surface area (Å²) in [5, 5.41) is 1.04. The van der Waals surface area contributed by atoms with E-state index < -0.39 is 0 Å². The van der Waals surface area contributed by atoms with Crippen LogP contribution in [0.15, 0.2) is 12.4 Å². The van der Waals surface area contributed by atoms with Gasteiger partial charge in [0.25, 0.3) is 0 Å². The molecule has 6 heteroatoms. The molecule has 21 heavy (non-hydrogen) atoms. The van der Waals surface area contributed by atoms with Gasteiger partial charge in [-0.3, -0.25) is 0 Å². The number of fused-ring (bicyclic) bond motifs is 1. The van der Waals surface area contributed by atoms with E-state index in [1.54, 1.807) is 11.3 Å². The van der Waals surface area contributed by atoms with E-state index in [-0.39, 0.29) is 11.5 Å². The molecule has 2 heterocycles. The molecule has 0 radical (unpaired) electrons. The molecule has 1 aliphatic rings. The first-order chi connectivity index (χ1) is 9.85. The van der Waals surface area contributed by atoms with Crippen LogP contribution in [0.4, 0.5) is 5.13 Å². The van der Waals surface area contributed by atoms with Crippen molar-refractivity contribution in [2.24, 2.45) is 18.2 Å². The molecule has 1 unspecified atom stereocenters. The number of hydrogen-bond donors (Lipinski definition) is 1. The van der Waals surface area contributed by atoms with Gasteiger partial charge in [-0.15, -0.1) is 0 Å². The van der Waals surface area contributed by atoms with Crippen LogP contribution in [-0.4, -0.2) is 21.6 Å². The van der Waals surface area contributed by atoms with Gasteiger partial charge in [0, 0.05) is 37.4 Å². The van der Waals surface area contributed by atoms with E-state index in [0.29, 0.717) is 0 Å². The standard InChI is InChI=1S/C15H23N5S/c1-15(2)7-10(16)13-11(8-15)18-14(21-13)20(4)9-12-17-5-6-19(12)3/h5-6,10H,7-9,16H2,1-4H3. The van der Waals surface area contributed by atoms with Crippen molar-refractivity contribution in [1.29, 1.82) is 0 Å². The summed E-state index contributed by atoms with van der Waals surface area (Å²) in [5.41, 5.74) is 7.76. The van der Waals surface area contributed by atoms with E-state index in [1.807, 2.05) is 24.0 Å². The summed E-state index contributed by atoms with van der Waals surface area (Å²) >= 11 is 1.73. The van der Waals surface area contributed by atoms with Crippen LogP contribution in [0, 0.1) is 5.41 Å². The summed E-state index contributed by atoms with van der Waals surface area (Å²) in [5.74, 6) is 1.04. The first-order valence-electron chi connectivity index (χ1n) is 7.28. The Morgan fingerprint density at radius 1 is 1.52 bits per heavy atom. The molecule has 2 aromatic rings. The van der Waals surface area contributed by atoms with Gasteiger partial charge in [-0.2, -0.15) is 0 Å². The Labute approximate surface area is 129 Å². The van der Waals surface area contributed by atoms with Crippen molar-refractivity contribution >= 4 is 16.5 Å². The van der Waals surface area contributed by atoms with Crippen LogP contribution < -0.4 is 10.6 Å². The normalized spacial score (nSPS) is 20.3. The van der Waals surface area contributed by atoms with Crippen molar-refractivity contribution in [1.82, 2.24) is 14.5 Å². The van der Waals surface area contributed by atoms with Crippen LogP contribution in [0.5, 0.6) is 0 Å². The molecular formula is C15H23N5S. The van der Waals surface area contributed by atoms with Crippen LogP contribution in [0.2, 0.25) is 0 Å². The molecule has 5 nitrogen and oxygen atoms in total. The lowest BCUT2D eigenvalue weighted by Crippen LogP contribution is -2.28. The number of thiazole rings is 1. The molecule has 2 N–H and O–H groups in total. The number of anilines is 1. The summed E-state index contributed by atoms with van der Waals surface area (Å²) in [6, 6.07) is 0.122. The third-order valence-electron chi connectivity index (χ3n) is 4.10. The fourth-order valence-electron chi connectivity index (χ4n) is 2.97. The zero-order chi connectivity index (χ0) is 15.2. The molecule has 0 bridgehead atoms. The van der Waals surface area contributed by atoms with E-state index in [0.717, 1.165) is 30.3 Å². The molecule has 114 valence electrons. The van der Waals surface area contributed by atoms with Crippen LogP contribution in [-0.2, 0) is 20.0 Å². The minimum Gasteiger partial charge on any atom is -0.344 e. The van der Waals surface area contributed by atoms with Gasteiger partial charge < -0.3 is 15.2 Å². The van der Waals surface area contributed by atoms with Crippen LogP contribution in [0.1, 0.15) is 42.7 Å². The van der Waals surface area contributed by atoms with Crippen LogP contribution >= 0.6 is 11.3 Å². The van der Waals surface area contributed by atoms with Gasteiger partial charge >= 0.3 is 0 Å². The zero-order valence-corrected chi connectivity index (χ0v) is 13.9. The molecule has 2 aromatic heterocycles. The fraction of sp³-hybridized carbons (Fsp3) is 0.600. The van der Waals surface area contributed by atoms with Crippen molar-refractivity contribution in [3.63, 3.8) is 0 Å². The Morgan fingerprint density at radius 3 is 2.95 bits per heavy atom. The van der Waals surface area contributed by atoms with E-state index >= 15 is 0 Å². The number of aryl methyl sites for hydroxylation is 1. The molecule has 0 aliphatic heterocycles. The maximum atomic E-state index is 6.33. The van der Waals surface area contributed by atoms with E-state index in [2.05, 4.69) is 30.8 Å². The number of nitrogens with zero attached hydrogens (tertiary/aromatic N) is 4. The van der Waals surface area contributed by atoms with Gasteiger partial charge in [-0.1, -0.05) is 25.2 Å². The second-order valence-corrected chi connectivity index (χ2v) is 7.78. The molecule has 3 rings (SSSR count). The first-order valence-corrected chi connectivity index (χ1v) is 8.10. The molecule has 1 atom stereocenters. The number of nitrogens with two attached hydrogens (primary N) is 1. The monoisotopic (exact) mass is 305 g/mol. The first kappa shape index (κ1) is 14.5. The second kappa shape index (κ2) is 5.10. The molecule has 1 aliphatic carbocycles. The Morgan fingerprint density at radius 2 is 2.29 bits per heavy atom. The highest BCUT2D eigenvalue weighted by atomic mass is 32.1. The van der Waals surface area contributed by atoms with E-state index in [1.165, 1.54) is 10.6 Å². The summed E-state index contributed by atoms with van der Waals surface area (Å²) in [6.45, 7) is 5.30. The number of imidazole rings is 1. The van der Waals surface area contributed by atoms with Crippen molar-refractivity contribution in [2.75, 3.05) is 11.9 Å². The molecule has 0 spiro atoms. The van der Waals surface area contributed by atoms with Crippen LogP contribution in [0.3, 0.4) is 0 Å². The molecule has 0 aromatic carbocycles. The Balaban J connectivity index is 1.83. The van der Waals surface area contributed by atoms with E-state index in [9.17, 15) is 0 Å². The molecule has 0 amide bonds. The predicted octanol–water partition coefficient (Wildman–Crippen LogP) is 2.49. The van der Waals surface area contributed by atoms with E-state index in [4.69, 9.17) is 10.7 Å². The summed E-state index contributed by atoms with van der Waals surface area (Å²) < 4.78 is 2.04. The van der Waals surface area contributed by atoms with Gasteiger partial charge in [0.05, 0.1) is 12.2 Å². The van der Waals surface area contributed by atoms with Crippen molar-refractivity contribution in [2.45, 2.75) is 39.3 Å². The smallest absolute Gasteiger partial charge is 0.185 e. The highest BCUT2D eigenvalue weighted by Gasteiger charge is 2.33. The maximum absolute atomic E-state index is 6.33. The number of aromatic nitrogens is 3. The molecule has 0 saturated carbocycles. The van der Waals surface area contributed by atoms with Gasteiger partial charge in [0.2, 0.25) is 0 Å². The lowest BCUT2D eigenvalue weighted by Gasteiger charge is -2.32. The third-order valence-corrected chi connectivity index (χ3v) is 5.44. The van der Waals surface area contributed by atoms with Crippen molar-refractivity contribution in [3.05, 3.63) is 28.8 Å². The lowest BCUT2D eigenvalue weighted by molar-refractivity contribution is 0.282. The second-order valence-electron chi connectivity index (χ2n) is 6.77. The fourth-order valence-corrected chi connectivity index (χ4v) is 4.02. The van der Waals surface area contributed by atoms with Gasteiger partial charge in [0.15, 0.2) is 5.13 Å². The van der Waals surface area contributed by atoms with Gasteiger partial charge in [0.1, 0.15) is 5.82 Å². The average molecular weight is 305 g/mol. The number of rotatable bonds is 3. The summed E-state index contributed by atoms with van der Waals surface area (Å²) in [7, 11) is 4.08. The highest BCUT2D eigenvalue weighted by Crippen LogP contribution is 2.43. The third kappa shape index (κ3) is 2.82. The Bertz CT molecular complexity index is 642. The molecular weight excluding hydrogens is 282 g/mol. The number of hydrogen-bond acceptors (Lipinski definition) is 5. The van der Waals surface area contributed by atoms with Crippen LogP contribution in [0.25, 0.3) is 0 Å². The summed E-state index contributed by atoms with van der Waals surface area (Å²) in [6.07, 6.45) is 5.84. The SMILES string of the molecule is CN(Cc1nccn1C)c1nc2c(s1)C(N)CC(C)(C)C2.